The fourth-order valence-corrected chi connectivity index (χ4v) is 19.8. The Labute approximate surface area is 192 Å². The average molecular weight is 467 g/mol. The molecule has 2 nitrogen and oxygen atoms in total. The van der Waals surface area contributed by atoms with Gasteiger partial charge in [-0.05, 0) is 45.8 Å². The number of hydrogen-bond acceptors (Lipinski definition) is 2. The second kappa shape index (κ2) is 9.16. The summed E-state index contributed by atoms with van der Waals surface area (Å²) in [5.74, 6) is 0. The van der Waals surface area contributed by atoms with Crippen molar-refractivity contribution in [3.05, 3.63) is 81.4 Å². The van der Waals surface area contributed by atoms with E-state index in [4.69, 9.17) is 8.85 Å². The van der Waals surface area contributed by atoms with Gasteiger partial charge in [0.2, 0.25) is 0 Å². The van der Waals surface area contributed by atoms with Gasteiger partial charge >= 0.3 is 8.56 Å². The third kappa shape index (κ3) is 4.52. The lowest BCUT2D eigenvalue weighted by molar-refractivity contribution is 0.204. The summed E-state index contributed by atoms with van der Waals surface area (Å²) in [5.41, 5.74) is 5.39. The monoisotopic (exact) mass is 466 g/mol. The molecule has 2 aromatic rings. The summed E-state index contributed by atoms with van der Waals surface area (Å²) >= 11 is 0. The molecule has 0 saturated heterocycles. The molecule has 3 rings (SSSR count). The third-order valence-electron chi connectivity index (χ3n) is 5.73. The molecule has 0 atom stereocenters. The van der Waals surface area contributed by atoms with E-state index < -0.39 is 24.7 Å². The summed E-state index contributed by atoms with van der Waals surface area (Å²) in [7, 11) is -6.38. The summed E-state index contributed by atoms with van der Waals surface area (Å²) in [4.78, 5) is 3.04. The molecule has 0 spiro atoms. The summed E-state index contributed by atoms with van der Waals surface area (Å²) in [6, 6.07) is 21.9. The molecule has 1 aliphatic heterocycles. The maximum atomic E-state index is 6.88. The zero-order valence-electron chi connectivity index (χ0n) is 20.5. The van der Waals surface area contributed by atoms with E-state index in [2.05, 4.69) is 114 Å². The molecule has 0 aliphatic carbocycles. The maximum absolute atomic E-state index is 6.88. The highest BCUT2D eigenvalue weighted by molar-refractivity contribution is 7.15. The van der Waals surface area contributed by atoms with Gasteiger partial charge < -0.3 is 8.85 Å². The number of hydrogen-bond donors (Lipinski definition) is 0. The Kier molecular flexibility index (Phi) is 7.13. The minimum absolute atomic E-state index is 0.679. The Morgan fingerprint density at radius 3 is 1.16 bits per heavy atom. The van der Waals surface area contributed by atoms with Gasteiger partial charge in [-0.1, -0.05) is 99.9 Å². The van der Waals surface area contributed by atoms with Gasteiger partial charge in [-0.3, -0.25) is 0 Å². The number of allylic oxidation sites excluding steroid dienone is 2. The molecular formula is C26H38O2Si3. The van der Waals surface area contributed by atoms with E-state index in [0.29, 0.717) is 13.2 Å². The Hall–Kier alpha value is -1.51. The second-order valence-electron chi connectivity index (χ2n) is 10.2. The predicted octanol–water partition coefficient (Wildman–Crippen LogP) is 7.26. The smallest absolute Gasteiger partial charge is 0.389 e. The number of benzene rings is 2. The van der Waals surface area contributed by atoms with Crippen LogP contribution in [-0.2, 0) is 8.85 Å². The van der Waals surface area contributed by atoms with Crippen LogP contribution in [0.2, 0.25) is 39.3 Å². The zero-order valence-corrected chi connectivity index (χ0v) is 23.5. The summed E-state index contributed by atoms with van der Waals surface area (Å²) in [6.07, 6.45) is 0. The van der Waals surface area contributed by atoms with Crippen LogP contribution in [0.4, 0.5) is 0 Å². The Morgan fingerprint density at radius 1 is 0.581 bits per heavy atom. The first kappa shape index (κ1) is 24.1. The van der Waals surface area contributed by atoms with Crippen LogP contribution in [-0.4, -0.2) is 37.9 Å². The van der Waals surface area contributed by atoms with Crippen LogP contribution in [0.25, 0.3) is 11.1 Å². The minimum Gasteiger partial charge on any atom is -0.389 e. The molecule has 0 amide bonds. The van der Waals surface area contributed by atoms with Crippen LogP contribution in [0.3, 0.4) is 0 Å². The molecule has 0 bridgehead atoms. The predicted molar refractivity (Wildman–Crippen MR) is 142 cm³/mol. The topological polar surface area (TPSA) is 18.5 Å². The van der Waals surface area contributed by atoms with E-state index in [-0.39, 0.29) is 0 Å². The van der Waals surface area contributed by atoms with Crippen molar-refractivity contribution in [2.45, 2.75) is 53.1 Å². The zero-order chi connectivity index (χ0) is 22.9. The molecule has 5 heteroatoms. The number of rotatable bonds is 8. The van der Waals surface area contributed by atoms with E-state index in [1.165, 1.54) is 31.9 Å². The highest BCUT2D eigenvalue weighted by atomic mass is 28.4. The first-order valence-electron chi connectivity index (χ1n) is 11.5. The molecule has 0 saturated carbocycles. The second-order valence-corrected chi connectivity index (χ2v) is 24.0. The van der Waals surface area contributed by atoms with Gasteiger partial charge in [0.1, 0.15) is 0 Å². The molecule has 1 aliphatic rings. The summed E-state index contributed by atoms with van der Waals surface area (Å²) < 4.78 is 13.8. The van der Waals surface area contributed by atoms with E-state index in [0.717, 1.165) is 0 Å². The molecule has 166 valence electrons. The Bertz CT molecular complexity index is 884. The molecule has 0 aromatic heterocycles. The highest BCUT2D eigenvalue weighted by Gasteiger charge is 2.60. The molecule has 31 heavy (non-hydrogen) atoms. The first-order valence-corrected chi connectivity index (χ1v) is 20.3. The van der Waals surface area contributed by atoms with Crippen LogP contribution < -0.4 is 0 Å². The van der Waals surface area contributed by atoms with Crippen LogP contribution in [0, 0.1) is 0 Å². The van der Waals surface area contributed by atoms with Crippen molar-refractivity contribution in [3.63, 3.8) is 0 Å². The fraction of sp³-hybridized carbons (Fsp3) is 0.385. The van der Waals surface area contributed by atoms with Crippen molar-refractivity contribution in [1.82, 2.24) is 0 Å². The van der Waals surface area contributed by atoms with Gasteiger partial charge in [-0.2, -0.15) is 0 Å². The average Bonchev–Trinajstić information content (AvgIpc) is 3.01. The minimum atomic E-state index is -2.77. The van der Waals surface area contributed by atoms with Crippen molar-refractivity contribution in [2.24, 2.45) is 0 Å². The van der Waals surface area contributed by atoms with Crippen LogP contribution in [0.15, 0.2) is 70.3 Å². The van der Waals surface area contributed by atoms with Crippen molar-refractivity contribution in [3.8, 4) is 0 Å². The lowest BCUT2D eigenvalue weighted by Gasteiger charge is -2.40. The Balaban J connectivity index is 2.57. The quantitative estimate of drug-likeness (QED) is 0.381. The third-order valence-corrected chi connectivity index (χ3v) is 18.9. The van der Waals surface area contributed by atoms with Gasteiger partial charge in [0, 0.05) is 13.2 Å². The standard InChI is InChI=1S/C26H38O2Si3/c1-9-27-31(28-10-2)25(29(3,4)5)23(21-17-13-11-14-18-21)24(26(31)30(6,7)8)22-19-15-12-16-20-22/h11-20H,9-10H2,1-8H3. The largest absolute Gasteiger partial charge is 0.392 e. The molecule has 0 N–H and O–H groups in total. The maximum Gasteiger partial charge on any atom is 0.392 e. The lowest BCUT2D eigenvalue weighted by Crippen LogP contribution is -2.57. The molecule has 0 fully saturated rings. The van der Waals surface area contributed by atoms with Gasteiger partial charge in [0.15, 0.2) is 0 Å². The van der Waals surface area contributed by atoms with E-state index >= 15 is 0 Å². The van der Waals surface area contributed by atoms with E-state index in [9.17, 15) is 0 Å². The van der Waals surface area contributed by atoms with Gasteiger partial charge in [0.05, 0.1) is 16.1 Å². The van der Waals surface area contributed by atoms with Gasteiger partial charge in [0.25, 0.3) is 0 Å². The highest BCUT2D eigenvalue weighted by Crippen LogP contribution is 2.54. The van der Waals surface area contributed by atoms with E-state index in [1.807, 2.05) is 0 Å². The van der Waals surface area contributed by atoms with Crippen molar-refractivity contribution >= 4 is 35.9 Å². The molecular weight excluding hydrogens is 429 g/mol. The first-order chi connectivity index (χ1) is 14.6. The molecule has 1 heterocycles. The molecule has 0 unspecified atom stereocenters. The molecule has 2 aromatic carbocycles. The molecule has 0 radical (unpaired) electrons. The van der Waals surface area contributed by atoms with Crippen LogP contribution >= 0.6 is 0 Å². The normalized spacial score (nSPS) is 16.9. The summed E-state index contributed by atoms with van der Waals surface area (Å²) in [6.45, 7) is 20.4. The van der Waals surface area contributed by atoms with Crippen LogP contribution in [0.1, 0.15) is 25.0 Å². The fourth-order valence-electron chi connectivity index (χ4n) is 4.97. The van der Waals surface area contributed by atoms with Crippen molar-refractivity contribution in [1.29, 1.82) is 0 Å². The lowest BCUT2D eigenvalue weighted by atomic mass is 9.95. The Morgan fingerprint density at radius 2 is 0.903 bits per heavy atom. The van der Waals surface area contributed by atoms with Gasteiger partial charge in [-0.15, -0.1) is 0 Å². The summed E-state index contributed by atoms with van der Waals surface area (Å²) in [5, 5.41) is 0. The van der Waals surface area contributed by atoms with Crippen molar-refractivity contribution in [2.75, 3.05) is 13.2 Å². The SMILES string of the molecule is CCO[Si]1(OCC)C([Si](C)(C)C)=C(c2ccccc2)C(c2ccccc2)=C1[Si](C)(C)C. The van der Waals surface area contributed by atoms with Crippen LogP contribution in [0.5, 0.6) is 0 Å². The van der Waals surface area contributed by atoms with Crippen molar-refractivity contribution < 1.29 is 8.85 Å². The van der Waals surface area contributed by atoms with Gasteiger partial charge in [-0.25, -0.2) is 0 Å². The van der Waals surface area contributed by atoms with E-state index in [1.54, 1.807) is 0 Å².